The summed E-state index contributed by atoms with van der Waals surface area (Å²) < 4.78 is 41.1. The lowest BCUT2D eigenvalue weighted by Crippen LogP contribution is -2.16. The number of halogens is 1. The highest BCUT2D eigenvalue weighted by Crippen LogP contribution is 2.26. The van der Waals surface area contributed by atoms with Crippen molar-refractivity contribution in [3.63, 3.8) is 0 Å². The molecule has 1 amide bonds. The maximum absolute atomic E-state index is 13.2. The first-order valence-electron chi connectivity index (χ1n) is 10.8. The molecular weight excluding hydrogens is 483 g/mol. The lowest BCUT2D eigenvalue weighted by atomic mass is 10.0. The van der Waals surface area contributed by atoms with Gasteiger partial charge in [0.1, 0.15) is 5.82 Å². The molecule has 9 heteroatoms. The summed E-state index contributed by atoms with van der Waals surface area (Å²) in [6, 6.07) is 25.1. The van der Waals surface area contributed by atoms with E-state index < -0.39 is 34.1 Å². The average Bonchev–Trinajstić information content (AvgIpc) is 2.86. The summed E-state index contributed by atoms with van der Waals surface area (Å²) in [6.07, 6.45) is -0.448. The Bertz CT molecular complexity index is 1500. The van der Waals surface area contributed by atoms with Crippen LogP contribution in [0.15, 0.2) is 102 Å². The standard InChI is InChI=1S/C27H21FN2O5S/c28-22-11-14-24(15-12-22)36(34,35)30-25-17-23(13-10-21(25)16-26(31)32)29-27(33)20-8-6-19(7-9-20)18-4-2-1-3-5-18/h1-15,17,30H,16H2,(H,29,33)(H,31,32). The van der Waals surface area contributed by atoms with E-state index in [1.165, 1.54) is 18.2 Å². The Morgan fingerprint density at radius 2 is 1.44 bits per heavy atom. The molecule has 0 unspecified atom stereocenters. The molecule has 0 aliphatic carbocycles. The van der Waals surface area contributed by atoms with E-state index in [0.717, 1.165) is 35.4 Å². The van der Waals surface area contributed by atoms with Crippen molar-refractivity contribution in [3.8, 4) is 11.1 Å². The number of carbonyl (C=O) groups excluding carboxylic acids is 1. The number of sulfonamides is 1. The number of carboxylic acid groups (broad SMARTS) is 1. The Morgan fingerprint density at radius 1 is 0.806 bits per heavy atom. The molecule has 0 aliphatic heterocycles. The highest BCUT2D eigenvalue weighted by atomic mass is 32.2. The Hall–Kier alpha value is -4.50. The van der Waals surface area contributed by atoms with Crippen molar-refractivity contribution in [1.29, 1.82) is 0 Å². The van der Waals surface area contributed by atoms with E-state index in [0.29, 0.717) is 5.56 Å². The summed E-state index contributed by atoms with van der Waals surface area (Å²) in [4.78, 5) is 23.9. The van der Waals surface area contributed by atoms with Crippen LogP contribution in [-0.4, -0.2) is 25.4 Å². The lowest BCUT2D eigenvalue weighted by Gasteiger charge is -2.14. The van der Waals surface area contributed by atoms with Gasteiger partial charge in [0.05, 0.1) is 17.0 Å². The third-order valence-corrected chi connectivity index (χ3v) is 6.71. The summed E-state index contributed by atoms with van der Waals surface area (Å²) in [6.45, 7) is 0. The number of rotatable bonds is 8. The van der Waals surface area contributed by atoms with Gasteiger partial charge in [0, 0.05) is 11.3 Å². The molecule has 0 radical (unpaired) electrons. The number of benzene rings is 4. The smallest absolute Gasteiger partial charge is 0.307 e. The predicted octanol–water partition coefficient (Wildman–Crippen LogP) is 5.17. The van der Waals surface area contributed by atoms with E-state index in [1.54, 1.807) is 12.1 Å². The van der Waals surface area contributed by atoms with E-state index >= 15 is 0 Å². The van der Waals surface area contributed by atoms with Crippen LogP contribution in [0.5, 0.6) is 0 Å². The summed E-state index contributed by atoms with van der Waals surface area (Å²) in [5, 5.41) is 11.9. The van der Waals surface area contributed by atoms with Gasteiger partial charge in [-0.15, -0.1) is 0 Å². The second-order valence-corrected chi connectivity index (χ2v) is 9.58. The molecule has 0 saturated heterocycles. The molecule has 3 N–H and O–H groups in total. The molecule has 0 bridgehead atoms. The maximum Gasteiger partial charge on any atom is 0.307 e. The van der Waals surface area contributed by atoms with E-state index in [1.807, 2.05) is 42.5 Å². The molecule has 0 fully saturated rings. The van der Waals surface area contributed by atoms with Crippen molar-refractivity contribution in [3.05, 3.63) is 114 Å². The Kier molecular flexibility index (Phi) is 7.12. The number of carboxylic acids is 1. The second-order valence-electron chi connectivity index (χ2n) is 7.90. The first-order chi connectivity index (χ1) is 17.2. The molecule has 4 rings (SSSR count). The monoisotopic (exact) mass is 504 g/mol. The van der Waals surface area contributed by atoms with Crippen molar-refractivity contribution < 1.29 is 27.5 Å². The molecule has 0 heterocycles. The molecule has 0 aromatic heterocycles. The zero-order valence-electron chi connectivity index (χ0n) is 18.8. The third kappa shape index (κ3) is 5.94. The maximum atomic E-state index is 13.2. The normalized spacial score (nSPS) is 11.0. The minimum absolute atomic E-state index is 0.0149. The molecular formula is C27H21FN2O5S. The van der Waals surface area contributed by atoms with Crippen molar-refractivity contribution in [2.24, 2.45) is 0 Å². The first kappa shape index (κ1) is 24.6. The van der Waals surface area contributed by atoms with Crippen LogP contribution < -0.4 is 10.0 Å². The lowest BCUT2D eigenvalue weighted by molar-refractivity contribution is -0.136. The van der Waals surface area contributed by atoms with Gasteiger partial charge < -0.3 is 10.4 Å². The number of hydrogen-bond acceptors (Lipinski definition) is 4. The largest absolute Gasteiger partial charge is 0.481 e. The van der Waals surface area contributed by atoms with Gasteiger partial charge in [-0.1, -0.05) is 48.5 Å². The molecule has 182 valence electrons. The van der Waals surface area contributed by atoms with Gasteiger partial charge >= 0.3 is 5.97 Å². The fourth-order valence-corrected chi connectivity index (χ4v) is 4.62. The molecule has 0 atom stereocenters. The van der Waals surface area contributed by atoms with Crippen LogP contribution in [-0.2, 0) is 21.2 Å². The van der Waals surface area contributed by atoms with Crippen molar-refractivity contribution in [1.82, 2.24) is 0 Å². The fraction of sp³-hybridized carbons (Fsp3) is 0.0370. The van der Waals surface area contributed by atoms with Crippen LogP contribution in [0.3, 0.4) is 0 Å². The number of aliphatic carboxylic acids is 1. The van der Waals surface area contributed by atoms with Crippen molar-refractivity contribution in [2.45, 2.75) is 11.3 Å². The van der Waals surface area contributed by atoms with E-state index in [2.05, 4.69) is 10.0 Å². The first-order valence-corrected chi connectivity index (χ1v) is 12.3. The van der Waals surface area contributed by atoms with Crippen LogP contribution in [0.25, 0.3) is 11.1 Å². The summed E-state index contributed by atoms with van der Waals surface area (Å²) in [5.41, 5.74) is 2.78. The number of hydrogen-bond donors (Lipinski definition) is 3. The quantitative estimate of drug-likeness (QED) is 0.306. The average molecular weight is 505 g/mol. The van der Waals surface area contributed by atoms with Crippen LogP contribution in [0.1, 0.15) is 15.9 Å². The predicted molar refractivity (Wildman–Crippen MR) is 135 cm³/mol. The van der Waals surface area contributed by atoms with Crippen molar-refractivity contribution >= 4 is 33.3 Å². The van der Waals surface area contributed by atoms with Gasteiger partial charge in [-0.05, 0) is 65.2 Å². The number of nitrogens with one attached hydrogen (secondary N) is 2. The molecule has 36 heavy (non-hydrogen) atoms. The van der Waals surface area contributed by atoms with Crippen LogP contribution >= 0.6 is 0 Å². The van der Waals surface area contributed by atoms with Gasteiger partial charge in [0.2, 0.25) is 0 Å². The molecule has 4 aromatic rings. The zero-order chi connectivity index (χ0) is 25.7. The van der Waals surface area contributed by atoms with Gasteiger partial charge in [-0.25, -0.2) is 12.8 Å². The van der Waals surface area contributed by atoms with Gasteiger partial charge in [-0.3, -0.25) is 14.3 Å². The van der Waals surface area contributed by atoms with Gasteiger partial charge in [0.25, 0.3) is 15.9 Å². The van der Waals surface area contributed by atoms with E-state index in [4.69, 9.17) is 0 Å². The Morgan fingerprint density at radius 3 is 2.08 bits per heavy atom. The SMILES string of the molecule is O=C(O)Cc1ccc(NC(=O)c2ccc(-c3ccccc3)cc2)cc1NS(=O)(=O)c1ccc(F)cc1. The van der Waals surface area contributed by atoms with Crippen molar-refractivity contribution in [2.75, 3.05) is 10.0 Å². The third-order valence-electron chi connectivity index (χ3n) is 5.33. The zero-order valence-corrected chi connectivity index (χ0v) is 19.6. The Labute approximate surface area is 207 Å². The highest BCUT2D eigenvalue weighted by molar-refractivity contribution is 7.92. The van der Waals surface area contributed by atoms with Gasteiger partial charge in [-0.2, -0.15) is 0 Å². The molecule has 0 spiro atoms. The van der Waals surface area contributed by atoms with Crippen LogP contribution in [0, 0.1) is 5.82 Å². The number of amides is 1. The minimum Gasteiger partial charge on any atom is -0.481 e. The van der Waals surface area contributed by atoms with E-state index in [-0.39, 0.29) is 21.8 Å². The second kappa shape index (κ2) is 10.4. The topological polar surface area (TPSA) is 113 Å². The molecule has 0 aliphatic rings. The highest BCUT2D eigenvalue weighted by Gasteiger charge is 2.18. The molecule has 0 saturated carbocycles. The van der Waals surface area contributed by atoms with Gasteiger partial charge in [0.15, 0.2) is 0 Å². The fourth-order valence-electron chi connectivity index (χ4n) is 3.53. The molecule has 7 nitrogen and oxygen atoms in total. The van der Waals surface area contributed by atoms with Crippen LogP contribution in [0.2, 0.25) is 0 Å². The summed E-state index contributed by atoms with van der Waals surface area (Å²) in [5.74, 6) is -2.18. The Balaban J connectivity index is 1.57. The van der Waals surface area contributed by atoms with E-state index in [9.17, 15) is 27.5 Å². The number of anilines is 2. The summed E-state index contributed by atoms with van der Waals surface area (Å²) in [7, 11) is -4.14. The summed E-state index contributed by atoms with van der Waals surface area (Å²) >= 11 is 0. The molecule has 4 aromatic carbocycles. The minimum atomic E-state index is -4.14. The number of carbonyl (C=O) groups is 2. The van der Waals surface area contributed by atoms with Crippen LogP contribution in [0.4, 0.5) is 15.8 Å².